The topological polar surface area (TPSA) is 84.5 Å². The van der Waals surface area contributed by atoms with Crippen molar-refractivity contribution in [1.82, 2.24) is 10.2 Å². The fraction of sp³-hybridized carbons (Fsp3) is 0.417. The first kappa shape index (κ1) is 15.6. The Bertz CT molecular complexity index is 555. The molecule has 0 spiro atoms. The summed E-state index contributed by atoms with van der Waals surface area (Å²) in [6, 6.07) is 5.09. The Morgan fingerprint density at radius 1 is 1.32 bits per heavy atom. The summed E-state index contributed by atoms with van der Waals surface area (Å²) in [6.07, 6.45) is 0.0119. The summed E-state index contributed by atoms with van der Waals surface area (Å²) in [7, 11) is -2.27. The third-order valence-electron chi connectivity index (χ3n) is 2.48. The lowest BCUT2D eigenvalue weighted by Gasteiger charge is -2.09. The summed E-state index contributed by atoms with van der Waals surface area (Å²) in [5.74, 6) is -0.383. The number of nitrogens with one attached hydrogen (secondary N) is 2. The van der Waals surface area contributed by atoms with Crippen LogP contribution >= 0.6 is 0 Å². The molecule has 0 aliphatic rings. The van der Waals surface area contributed by atoms with Crippen molar-refractivity contribution in [3.63, 3.8) is 0 Å². The van der Waals surface area contributed by atoms with Crippen molar-refractivity contribution in [3.8, 4) is 0 Å². The van der Waals surface area contributed by atoms with Crippen LogP contribution in [0, 0.1) is 13.8 Å². The van der Waals surface area contributed by atoms with Gasteiger partial charge >= 0.3 is 0 Å². The zero-order valence-corrected chi connectivity index (χ0v) is 12.0. The summed E-state index contributed by atoms with van der Waals surface area (Å²) in [5, 5.41) is 0. The third kappa shape index (κ3) is 4.62. The van der Waals surface area contributed by atoms with E-state index in [0.717, 1.165) is 5.56 Å². The Balaban J connectivity index is 2.68. The van der Waals surface area contributed by atoms with E-state index in [9.17, 15) is 13.2 Å². The molecule has 1 aromatic carbocycles. The Kier molecular flexibility index (Phi) is 5.46. The number of carbonyl (C=O) groups is 1. The fourth-order valence-electron chi connectivity index (χ4n) is 1.64. The van der Waals surface area contributed by atoms with Crippen LogP contribution in [-0.2, 0) is 19.7 Å². The molecule has 7 heteroatoms. The van der Waals surface area contributed by atoms with Crippen LogP contribution in [0.3, 0.4) is 0 Å². The normalized spacial score (nSPS) is 11.3. The molecule has 0 unspecified atom stereocenters. The van der Waals surface area contributed by atoms with Gasteiger partial charge in [-0.15, -0.1) is 0 Å². The average Bonchev–Trinajstić information content (AvgIpc) is 2.28. The molecule has 0 fully saturated rings. The minimum atomic E-state index is -3.59. The van der Waals surface area contributed by atoms with E-state index in [1.807, 2.05) is 6.92 Å². The molecule has 0 aliphatic carbocycles. The van der Waals surface area contributed by atoms with E-state index in [1.165, 1.54) is 7.11 Å². The van der Waals surface area contributed by atoms with Gasteiger partial charge in [0.1, 0.15) is 0 Å². The SMILES string of the molecule is CONC(=O)CCNS(=O)(=O)c1ccc(C)cc1C. The molecular weight excluding hydrogens is 268 g/mol. The number of rotatable bonds is 6. The summed E-state index contributed by atoms with van der Waals surface area (Å²) >= 11 is 0. The Morgan fingerprint density at radius 2 is 2.00 bits per heavy atom. The number of hydrogen-bond acceptors (Lipinski definition) is 4. The Hall–Kier alpha value is -1.44. The zero-order valence-electron chi connectivity index (χ0n) is 11.2. The van der Waals surface area contributed by atoms with Crippen molar-refractivity contribution < 1.29 is 18.0 Å². The first-order valence-corrected chi connectivity index (χ1v) is 7.24. The minimum Gasteiger partial charge on any atom is -0.277 e. The van der Waals surface area contributed by atoms with Gasteiger partial charge in [0, 0.05) is 13.0 Å². The largest absolute Gasteiger partial charge is 0.277 e. The molecular formula is C12H18N2O4S. The van der Waals surface area contributed by atoms with Gasteiger partial charge in [0.2, 0.25) is 15.9 Å². The third-order valence-corrected chi connectivity index (χ3v) is 4.10. The van der Waals surface area contributed by atoms with Crippen molar-refractivity contribution in [3.05, 3.63) is 29.3 Å². The smallest absolute Gasteiger partial charge is 0.244 e. The first-order valence-electron chi connectivity index (χ1n) is 5.75. The Labute approximate surface area is 113 Å². The molecule has 0 aliphatic heterocycles. The number of amides is 1. The van der Waals surface area contributed by atoms with Crippen molar-refractivity contribution in [1.29, 1.82) is 0 Å². The van der Waals surface area contributed by atoms with Crippen LogP contribution in [0.15, 0.2) is 23.1 Å². The molecule has 0 saturated heterocycles. The lowest BCUT2D eigenvalue weighted by molar-refractivity contribution is -0.131. The van der Waals surface area contributed by atoms with Crippen LogP contribution in [0.25, 0.3) is 0 Å². The van der Waals surface area contributed by atoms with Gasteiger partial charge in [0.05, 0.1) is 12.0 Å². The summed E-state index contributed by atoms with van der Waals surface area (Å²) in [4.78, 5) is 15.8. The van der Waals surface area contributed by atoms with Crippen LogP contribution in [0.2, 0.25) is 0 Å². The molecule has 19 heavy (non-hydrogen) atoms. The van der Waals surface area contributed by atoms with E-state index in [4.69, 9.17) is 0 Å². The first-order chi connectivity index (χ1) is 8.86. The predicted octanol–water partition coefficient (Wildman–Crippen LogP) is 0.649. The second kappa shape index (κ2) is 6.65. The van der Waals surface area contributed by atoms with Gasteiger partial charge in [-0.1, -0.05) is 17.7 Å². The van der Waals surface area contributed by atoms with Crippen LogP contribution < -0.4 is 10.2 Å². The lowest BCUT2D eigenvalue weighted by Crippen LogP contribution is -2.30. The average molecular weight is 286 g/mol. The quantitative estimate of drug-likeness (QED) is 0.752. The predicted molar refractivity (Wildman–Crippen MR) is 70.9 cm³/mol. The number of carbonyl (C=O) groups excluding carboxylic acids is 1. The highest BCUT2D eigenvalue weighted by molar-refractivity contribution is 7.89. The van der Waals surface area contributed by atoms with E-state index in [-0.39, 0.29) is 23.8 Å². The number of hydrogen-bond donors (Lipinski definition) is 2. The lowest BCUT2D eigenvalue weighted by atomic mass is 10.2. The van der Waals surface area contributed by atoms with Gasteiger partial charge in [-0.2, -0.15) is 0 Å². The maximum absolute atomic E-state index is 12.0. The molecule has 0 bridgehead atoms. The summed E-state index contributed by atoms with van der Waals surface area (Å²) < 4.78 is 26.4. The van der Waals surface area contributed by atoms with Crippen LogP contribution in [0.5, 0.6) is 0 Å². The molecule has 0 aromatic heterocycles. The van der Waals surface area contributed by atoms with Crippen molar-refractivity contribution in [2.24, 2.45) is 0 Å². The van der Waals surface area contributed by atoms with E-state index < -0.39 is 10.0 Å². The highest BCUT2D eigenvalue weighted by atomic mass is 32.2. The van der Waals surface area contributed by atoms with E-state index in [0.29, 0.717) is 5.56 Å². The Morgan fingerprint density at radius 3 is 2.58 bits per heavy atom. The number of benzene rings is 1. The van der Waals surface area contributed by atoms with E-state index in [1.54, 1.807) is 25.1 Å². The van der Waals surface area contributed by atoms with Crippen molar-refractivity contribution >= 4 is 15.9 Å². The van der Waals surface area contributed by atoms with Gasteiger partial charge in [0.15, 0.2) is 0 Å². The molecule has 6 nitrogen and oxygen atoms in total. The number of hydroxylamine groups is 1. The summed E-state index contributed by atoms with van der Waals surface area (Å²) in [6.45, 7) is 3.65. The fourth-order valence-corrected chi connectivity index (χ4v) is 2.90. The highest BCUT2D eigenvalue weighted by Crippen LogP contribution is 2.15. The van der Waals surface area contributed by atoms with Crippen LogP contribution in [0.1, 0.15) is 17.5 Å². The van der Waals surface area contributed by atoms with Crippen molar-refractivity contribution in [2.45, 2.75) is 25.2 Å². The van der Waals surface area contributed by atoms with Gasteiger partial charge in [-0.25, -0.2) is 18.6 Å². The van der Waals surface area contributed by atoms with Crippen LogP contribution in [-0.4, -0.2) is 28.0 Å². The summed E-state index contributed by atoms with van der Waals surface area (Å²) in [5.41, 5.74) is 3.79. The van der Waals surface area contributed by atoms with Gasteiger partial charge in [-0.3, -0.25) is 9.63 Å². The maximum atomic E-state index is 12.0. The second-order valence-corrected chi connectivity index (χ2v) is 5.88. The molecule has 0 radical (unpaired) electrons. The monoisotopic (exact) mass is 286 g/mol. The van der Waals surface area contributed by atoms with Crippen molar-refractivity contribution in [2.75, 3.05) is 13.7 Å². The molecule has 1 amide bonds. The van der Waals surface area contributed by atoms with Gasteiger partial charge < -0.3 is 0 Å². The van der Waals surface area contributed by atoms with E-state index in [2.05, 4.69) is 15.0 Å². The second-order valence-electron chi connectivity index (χ2n) is 4.15. The molecule has 2 N–H and O–H groups in total. The highest BCUT2D eigenvalue weighted by Gasteiger charge is 2.16. The standard InChI is InChI=1S/C12H18N2O4S/c1-9-4-5-11(10(2)8-9)19(16,17)13-7-6-12(15)14-18-3/h4-5,8,13H,6-7H2,1-3H3,(H,14,15). The minimum absolute atomic E-state index is 0.0119. The van der Waals surface area contributed by atoms with Crippen LogP contribution in [0.4, 0.5) is 0 Å². The van der Waals surface area contributed by atoms with Gasteiger partial charge in [-0.05, 0) is 25.5 Å². The molecule has 0 atom stereocenters. The molecule has 1 aromatic rings. The number of sulfonamides is 1. The molecule has 0 heterocycles. The molecule has 106 valence electrons. The van der Waals surface area contributed by atoms with Gasteiger partial charge in [0.25, 0.3) is 0 Å². The zero-order chi connectivity index (χ0) is 14.5. The van der Waals surface area contributed by atoms with E-state index >= 15 is 0 Å². The molecule has 1 rings (SSSR count). The number of aryl methyl sites for hydroxylation is 2. The maximum Gasteiger partial charge on any atom is 0.244 e. The molecule has 0 saturated carbocycles.